The van der Waals surface area contributed by atoms with Crippen LogP contribution in [-0.2, 0) is 9.59 Å². The summed E-state index contributed by atoms with van der Waals surface area (Å²) >= 11 is 3.33. The monoisotopic (exact) mass is 328 g/mol. The highest BCUT2D eigenvalue weighted by Gasteiger charge is 2.13. The minimum Gasteiger partial charge on any atom is -0.481 e. The van der Waals surface area contributed by atoms with Gasteiger partial charge in [-0.2, -0.15) is 0 Å². The van der Waals surface area contributed by atoms with Gasteiger partial charge in [-0.1, -0.05) is 15.9 Å². The number of amides is 2. The van der Waals surface area contributed by atoms with E-state index in [1.807, 2.05) is 12.1 Å². The predicted octanol–water partition coefficient (Wildman–Crippen LogP) is 1.47. The minimum atomic E-state index is -0.585. The van der Waals surface area contributed by atoms with Gasteiger partial charge < -0.3 is 15.4 Å². The number of carbonyl (C=O) groups excluding carboxylic acids is 2. The molecule has 0 saturated heterocycles. The van der Waals surface area contributed by atoms with Gasteiger partial charge in [0, 0.05) is 24.5 Å². The van der Waals surface area contributed by atoms with Crippen molar-refractivity contribution >= 4 is 27.7 Å². The van der Waals surface area contributed by atoms with Crippen molar-refractivity contribution < 1.29 is 14.3 Å². The topological polar surface area (TPSA) is 67.4 Å². The van der Waals surface area contributed by atoms with Crippen LogP contribution in [0, 0.1) is 0 Å². The van der Waals surface area contributed by atoms with Crippen LogP contribution in [0.15, 0.2) is 28.7 Å². The van der Waals surface area contributed by atoms with Crippen LogP contribution in [0.5, 0.6) is 5.75 Å². The van der Waals surface area contributed by atoms with E-state index in [-0.39, 0.29) is 11.8 Å². The lowest BCUT2D eigenvalue weighted by Crippen LogP contribution is -2.40. The molecule has 2 N–H and O–H groups in total. The lowest BCUT2D eigenvalue weighted by atomic mass is 10.3. The first-order valence-corrected chi connectivity index (χ1v) is 6.72. The van der Waals surface area contributed by atoms with E-state index in [9.17, 15) is 9.59 Å². The van der Waals surface area contributed by atoms with Crippen LogP contribution >= 0.6 is 15.9 Å². The van der Waals surface area contributed by atoms with Crippen LogP contribution in [0.3, 0.4) is 0 Å². The van der Waals surface area contributed by atoms with Crippen LogP contribution in [0.2, 0.25) is 0 Å². The number of carbonyl (C=O) groups is 2. The molecule has 0 aliphatic heterocycles. The number of benzene rings is 1. The Morgan fingerprint density at radius 1 is 1.21 bits per heavy atom. The van der Waals surface area contributed by atoms with E-state index >= 15 is 0 Å². The van der Waals surface area contributed by atoms with Crippen molar-refractivity contribution in [2.75, 3.05) is 13.1 Å². The van der Waals surface area contributed by atoms with Crippen LogP contribution in [0.1, 0.15) is 13.8 Å². The minimum absolute atomic E-state index is 0.117. The van der Waals surface area contributed by atoms with Gasteiger partial charge in [0.2, 0.25) is 5.91 Å². The Morgan fingerprint density at radius 3 is 2.37 bits per heavy atom. The molecule has 0 heterocycles. The molecule has 0 spiro atoms. The van der Waals surface area contributed by atoms with Gasteiger partial charge >= 0.3 is 0 Å². The first kappa shape index (κ1) is 15.5. The maximum Gasteiger partial charge on any atom is 0.260 e. The van der Waals surface area contributed by atoms with Gasteiger partial charge in [-0.25, -0.2) is 0 Å². The summed E-state index contributed by atoms with van der Waals surface area (Å²) in [5, 5.41) is 5.28. The standard InChI is InChI=1S/C13H17BrN2O3/c1-9(13(18)16-8-7-15-10(2)17)19-12-5-3-11(14)4-6-12/h3-6,9H,7-8H2,1-2H3,(H,15,17)(H,16,18). The number of ether oxygens (including phenoxy) is 1. The van der Waals surface area contributed by atoms with Crippen molar-refractivity contribution in [3.63, 3.8) is 0 Å². The number of halogens is 1. The van der Waals surface area contributed by atoms with E-state index in [2.05, 4.69) is 26.6 Å². The lowest BCUT2D eigenvalue weighted by Gasteiger charge is -2.14. The van der Waals surface area contributed by atoms with E-state index in [1.54, 1.807) is 19.1 Å². The summed E-state index contributed by atoms with van der Waals surface area (Å²) in [6.45, 7) is 3.90. The fourth-order valence-electron chi connectivity index (χ4n) is 1.34. The molecule has 104 valence electrons. The zero-order valence-corrected chi connectivity index (χ0v) is 12.5. The maximum atomic E-state index is 11.7. The molecule has 0 bridgehead atoms. The summed E-state index contributed by atoms with van der Waals surface area (Å²) in [7, 11) is 0. The summed E-state index contributed by atoms with van der Waals surface area (Å²) < 4.78 is 6.44. The fraction of sp³-hybridized carbons (Fsp3) is 0.385. The van der Waals surface area contributed by atoms with Gasteiger partial charge in [-0.3, -0.25) is 9.59 Å². The molecule has 0 aromatic heterocycles. The largest absolute Gasteiger partial charge is 0.481 e. The Morgan fingerprint density at radius 2 is 1.79 bits per heavy atom. The normalized spacial score (nSPS) is 11.5. The second-order valence-electron chi connectivity index (χ2n) is 3.99. The van der Waals surface area contributed by atoms with Crippen LogP contribution in [-0.4, -0.2) is 31.0 Å². The molecule has 1 unspecified atom stereocenters. The van der Waals surface area contributed by atoms with E-state index in [1.165, 1.54) is 6.92 Å². The van der Waals surface area contributed by atoms with Crippen LogP contribution in [0.25, 0.3) is 0 Å². The van der Waals surface area contributed by atoms with Gasteiger partial charge in [0.1, 0.15) is 5.75 Å². The molecule has 0 saturated carbocycles. The second kappa shape index (κ2) is 7.78. The van der Waals surface area contributed by atoms with Gasteiger partial charge in [0.25, 0.3) is 5.91 Å². The highest BCUT2D eigenvalue weighted by Crippen LogP contribution is 2.17. The third-order valence-corrected chi connectivity index (χ3v) is 2.82. The lowest BCUT2D eigenvalue weighted by molar-refractivity contribution is -0.127. The molecule has 1 aromatic rings. The van der Waals surface area contributed by atoms with Crippen LogP contribution in [0.4, 0.5) is 0 Å². The molecule has 0 fully saturated rings. The molecule has 2 amide bonds. The maximum absolute atomic E-state index is 11.7. The molecule has 0 radical (unpaired) electrons. The van der Waals surface area contributed by atoms with Crippen LogP contribution < -0.4 is 15.4 Å². The molecular formula is C13H17BrN2O3. The Bertz CT molecular complexity index is 434. The number of rotatable bonds is 6. The Hall–Kier alpha value is -1.56. The van der Waals surface area contributed by atoms with E-state index in [4.69, 9.17) is 4.74 Å². The summed E-state index contributed by atoms with van der Waals surface area (Å²) in [5.41, 5.74) is 0. The summed E-state index contributed by atoms with van der Waals surface area (Å²) in [5.74, 6) is 0.300. The SMILES string of the molecule is CC(=O)NCCNC(=O)C(C)Oc1ccc(Br)cc1. The van der Waals surface area contributed by atoms with Gasteiger partial charge in [0.15, 0.2) is 6.10 Å². The number of nitrogens with one attached hydrogen (secondary N) is 2. The van der Waals surface area contributed by atoms with Crippen molar-refractivity contribution in [1.82, 2.24) is 10.6 Å². The zero-order valence-electron chi connectivity index (χ0n) is 10.9. The number of hydrogen-bond donors (Lipinski definition) is 2. The Kier molecular flexibility index (Phi) is 6.35. The third-order valence-electron chi connectivity index (χ3n) is 2.29. The van der Waals surface area contributed by atoms with E-state index in [0.29, 0.717) is 18.8 Å². The second-order valence-corrected chi connectivity index (χ2v) is 4.90. The average Bonchev–Trinajstić information content (AvgIpc) is 2.36. The highest BCUT2D eigenvalue weighted by atomic mass is 79.9. The first-order chi connectivity index (χ1) is 8.99. The quantitative estimate of drug-likeness (QED) is 0.777. The Balaban J connectivity index is 2.32. The zero-order chi connectivity index (χ0) is 14.3. The molecule has 0 aliphatic rings. The smallest absolute Gasteiger partial charge is 0.260 e. The number of hydrogen-bond acceptors (Lipinski definition) is 3. The summed E-state index contributed by atoms with van der Waals surface area (Å²) in [6, 6.07) is 7.25. The van der Waals surface area contributed by atoms with Crippen molar-refractivity contribution in [1.29, 1.82) is 0 Å². The highest BCUT2D eigenvalue weighted by molar-refractivity contribution is 9.10. The molecule has 1 rings (SSSR count). The third kappa shape index (κ3) is 6.24. The molecule has 6 heteroatoms. The van der Waals surface area contributed by atoms with Gasteiger partial charge in [-0.05, 0) is 31.2 Å². The first-order valence-electron chi connectivity index (χ1n) is 5.93. The molecule has 19 heavy (non-hydrogen) atoms. The van der Waals surface area contributed by atoms with Gasteiger partial charge in [0.05, 0.1) is 0 Å². The van der Waals surface area contributed by atoms with Crippen molar-refractivity contribution in [2.24, 2.45) is 0 Å². The Labute approximate surface area is 120 Å². The van der Waals surface area contributed by atoms with Gasteiger partial charge in [-0.15, -0.1) is 0 Å². The molecular weight excluding hydrogens is 312 g/mol. The van der Waals surface area contributed by atoms with E-state index in [0.717, 1.165) is 4.47 Å². The predicted molar refractivity (Wildman–Crippen MR) is 75.9 cm³/mol. The molecule has 5 nitrogen and oxygen atoms in total. The summed E-state index contributed by atoms with van der Waals surface area (Å²) in [4.78, 5) is 22.3. The van der Waals surface area contributed by atoms with Crippen molar-refractivity contribution in [3.8, 4) is 5.75 Å². The molecule has 0 aliphatic carbocycles. The van der Waals surface area contributed by atoms with Crippen molar-refractivity contribution in [3.05, 3.63) is 28.7 Å². The molecule has 1 aromatic carbocycles. The fourth-order valence-corrected chi connectivity index (χ4v) is 1.60. The average molecular weight is 329 g/mol. The van der Waals surface area contributed by atoms with E-state index < -0.39 is 6.10 Å². The molecule has 1 atom stereocenters. The van der Waals surface area contributed by atoms with Crippen molar-refractivity contribution in [2.45, 2.75) is 20.0 Å². The summed E-state index contributed by atoms with van der Waals surface area (Å²) in [6.07, 6.45) is -0.585.